The molecule has 8 heteroatoms. The second-order valence-electron chi connectivity index (χ2n) is 9.72. The molecule has 7 nitrogen and oxygen atoms in total. The quantitative estimate of drug-likeness (QED) is 0.366. The molecule has 2 fully saturated rings. The van der Waals surface area contributed by atoms with Crippen molar-refractivity contribution in [2.75, 3.05) is 33.9 Å². The van der Waals surface area contributed by atoms with Crippen molar-refractivity contribution in [2.24, 2.45) is 5.92 Å². The number of amides is 1. The summed E-state index contributed by atoms with van der Waals surface area (Å²) in [4.78, 5) is 28.3. The summed E-state index contributed by atoms with van der Waals surface area (Å²) in [6.07, 6.45) is 3.38. The fraction of sp³-hybridized carbons (Fsp3) is 0.517. The molecule has 2 aliphatic rings. The van der Waals surface area contributed by atoms with Gasteiger partial charge in [-0.15, -0.1) is 11.3 Å². The molecule has 4 rings (SSSR count). The number of nitrogens with zero attached hydrogens (tertiary/aromatic N) is 1. The summed E-state index contributed by atoms with van der Waals surface area (Å²) in [6.45, 7) is 5.94. The standard InChI is InChI=1S/C29H35NO6S/c1-20(23-12-14-29(15-13-23)35-17-18-36-29)26-21(2)25(27(31)33-4)24(37-26)11-8-16-30(3)28(32)34-19-22-9-6-5-7-10-22/h5-7,9-10,20,23H,12-19H2,1-4H3/t20-/m1/s1. The number of benzene rings is 1. The maximum atomic E-state index is 12.7. The summed E-state index contributed by atoms with van der Waals surface area (Å²) in [6, 6.07) is 9.53. The molecule has 1 saturated carbocycles. The monoisotopic (exact) mass is 525 g/mol. The number of methoxy groups -OCH3 is 1. The van der Waals surface area contributed by atoms with Crippen LogP contribution < -0.4 is 0 Å². The minimum Gasteiger partial charge on any atom is -0.465 e. The lowest BCUT2D eigenvalue weighted by atomic mass is 9.77. The topological polar surface area (TPSA) is 74.3 Å². The van der Waals surface area contributed by atoms with Gasteiger partial charge in [0.25, 0.3) is 0 Å². The predicted octanol–water partition coefficient (Wildman–Crippen LogP) is 5.50. The predicted molar refractivity (Wildman–Crippen MR) is 142 cm³/mol. The first-order valence-corrected chi connectivity index (χ1v) is 13.6. The van der Waals surface area contributed by atoms with E-state index in [2.05, 4.69) is 18.8 Å². The van der Waals surface area contributed by atoms with E-state index in [1.54, 1.807) is 18.4 Å². The van der Waals surface area contributed by atoms with Gasteiger partial charge in [0.15, 0.2) is 5.79 Å². The van der Waals surface area contributed by atoms with Crippen molar-refractivity contribution in [3.05, 3.63) is 56.8 Å². The van der Waals surface area contributed by atoms with E-state index in [0.717, 1.165) is 41.7 Å². The van der Waals surface area contributed by atoms with E-state index in [0.29, 0.717) is 29.6 Å². The van der Waals surface area contributed by atoms with E-state index >= 15 is 0 Å². The Morgan fingerprint density at radius 3 is 2.51 bits per heavy atom. The van der Waals surface area contributed by atoms with Gasteiger partial charge in [0.1, 0.15) is 6.61 Å². The van der Waals surface area contributed by atoms with Gasteiger partial charge in [0.2, 0.25) is 0 Å². The number of carbonyl (C=O) groups is 2. The van der Waals surface area contributed by atoms with Crippen LogP contribution in [0.2, 0.25) is 0 Å². The highest BCUT2D eigenvalue weighted by atomic mass is 32.1. The van der Waals surface area contributed by atoms with Crippen LogP contribution in [-0.4, -0.2) is 56.7 Å². The van der Waals surface area contributed by atoms with Gasteiger partial charge in [0, 0.05) is 24.8 Å². The molecule has 1 aliphatic carbocycles. The molecule has 0 radical (unpaired) electrons. The van der Waals surface area contributed by atoms with E-state index in [4.69, 9.17) is 18.9 Å². The van der Waals surface area contributed by atoms with E-state index < -0.39 is 6.09 Å². The van der Waals surface area contributed by atoms with Crippen LogP contribution in [0, 0.1) is 24.7 Å². The summed E-state index contributed by atoms with van der Waals surface area (Å²) >= 11 is 1.55. The van der Waals surface area contributed by atoms with Crippen molar-refractivity contribution in [1.82, 2.24) is 4.90 Å². The zero-order chi connectivity index (χ0) is 26.4. The van der Waals surface area contributed by atoms with Crippen molar-refractivity contribution < 1.29 is 28.5 Å². The molecular weight excluding hydrogens is 490 g/mol. The Balaban J connectivity index is 1.42. The van der Waals surface area contributed by atoms with Gasteiger partial charge in [-0.2, -0.15) is 0 Å². The van der Waals surface area contributed by atoms with Crippen LogP contribution in [0.5, 0.6) is 0 Å². The van der Waals surface area contributed by atoms with Gasteiger partial charge in [-0.05, 0) is 42.7 Å². The lowest BCUT2D eigenvalue weighted by molar-refractivity contribution is -0.183. The Kier molecular flexibility index (Phi) is 8.91. The SMILES string of the molecule is COC(=O)c1c(C#CCN(C)C(=O)OCc2ccccc2)sc([C@H](C)C2CCC3(CC2)OCCO3)c1C. The first-order valence-electron chi connectivity index (χ1n) is 12.7. The molecule has 1 saturated heterocycles. The van der Waals surface area contributed by atoms with Crippen LogP contribution in [0.3, 0.4) is 0 Å². The van der Waals surface area contributed by atoms with E-state index in [1.165, 1.54) is 12.0 Å². The summed E-state index contributed by atoms with van der Waals surface area (Å²) in [7, 11) is 3.03. The molecular formula is C29H35NO6S. The largest absolute Gasteiger partial charge is 0.465 e. The molecule has 1 aromatic carbocycles. The maximum absolute atomic E-state index is 12.7. The Bertz CT molecular complexity index is 1150. The van der Waals surface area contributed by atoms with Gasteiger partial charge in [-0.3, -0.25) is 0 Å². The minimum atomic E-state index is -0.451. The van der Waals surface area contributed by atoms with E-state index in [9.17, 15) is 9.59 Å². The van der Waals surface area contributed by atoms with Gasteiger partial charge in [0.05, 0.1) is 37.3 Å². The number of hydrogen-bond acceptors (Lipinski definition) is 7. The molecule has 2 heterocycles. The minimum absolute atomic E-state index is 0.181. The Labute approximate surface area is 223 Å². The second kappa shape index (κ2) is 12.1. The summed E-state index contributed by atoms with van der Waals surface area (Å²) in [5, 5.41) is 0. The van der Waals surface area contributed by atoms with Crippen molar-refractivity contribution in [3.8, 4) is 11.8 Å². The molecule has 37 heavy (non-hydrogen) atoms. The second-order valence-corrected chi connectivity index (χ2v) is 10.8. The number of ether oxygens (including phenoxy) is 4. The molecule has 1 aromatic heterocycles. The number of thiophene rings is 1. The molecule has 1 spiro atoms. The van der Waals surface area contributed by atoms with Gasteiger partial charge < -0.3 is 23.8 Å². The number of esters is 1. The van der Waals surface area contributed by atoms with Crippen LogP contribution in [0.1, 0.15) is 69.8 Å². The number of carbonyl (C=O) groups excluding carboxylic acids is 2. The summed E-state index contributed by atoms with van der Waals surface area (Å²) in [5.74, 6) is 6.14. The Morgan fingerprint density at radius 1 is 1.19 bits per heavy atom. The van der Waals surface area contributed by atoms with Crippen LogP contribution in [0.4, 0.5) is 4.79 Å². The van der Waals surface area contributed by atoms with E-state index in [1.807, 2.05) is 37.3 Å². The number of hydrogen-bond donors (Lipinski definition) is 0. The molecule has 1 atom stereocenters. The third-order valence-corrected chi connectivity index (χ3v) is 8.74. The van der Waals surface area contributed by atoms with Crippen LogP contribution in [0.15, 0.2) is 30.3 Å². The normalized spacial score (nSPS) is 17.6. The van der Waals surface area contributed by atoms with Crippen molar-refractivity contribution in [3.63, 3.8) is 0 Å². The molecule has 198 valence electrons. The summed E-state index contributed by atoms with van der Waals surface area (Å²) in [5.41, 5.74) is 2.37. The fourth-order valence-electron chi connectivity index (χ4n) is 5.11. The number of rotatable bonds is 6. The van der Waals surface area contributed by atoms with Gasteiger partial charge >= 0.3 is 12.1 Å². The third kappa shape index (κ3) is 6.35. The third-order valence-electron chi connectivity index (χ3n) is 7.33. The van der Waals surface area contributed by atoms with Gasteiger partial charge in [-0.1, -0.05) is 49.1 Å². The molecule has 0 N–H and O–H groups in total. The fourth-order valence-corrected chi connectivity index (χ4v) is 6.43. The molecule has 1 amide bonds. The average Bonchev–Trinajstić information content (AvgIpc) is 3.51. The zero-order valence-corrected chi connectivity index (χ0v) is 22.8. The molecule has 2 aromatic rings. The first-order chi connectivity index (χ1) is 17.8. The molecule has 1 aliphatic heterocycles. The smallest absolute Gasteiger partial charge is 0.410 e. The van der Waals surface area contributed by atoms with Gasteiger partial charge in [-0.25, -0.2) is 9.59 Å². The summed E-state index contributed by atoms with van der Waals surface area (Å²) < 4.78 is 22.2. The average molecular weight is 526 g/mol. The highest BCUT2D eigenvalue weighted by molar-refractivity contribution is 7.13. The molecule has 0 unspecified atom stereocenters. The highest BCUT2D eigenvalue weighted by Gasteiger charge is 2.42. The molecule has 0 bridgehead atoms. The van der Waals surface area contributed by atoms with Crippen LogP contribution in [-0.2, 0) is 25.6 Å². The lowest BCUT2D eigenvalue weighted by Crippen LogP contribution is -2.36. The van der Waals surface area contributed by atoms with Crippen LogP contribution >= 0.6 is 11.3 Å². The van der Waals surface area contributed by atoms with Crippen molar-refractivity contribution >= 4 is 23.4 Å². The van der Waals surface area contributed by atoms with E-state index in [-0.39, 0.29) is 30.8 Å². The van der Waals surface area contributed by atoms with Crippen LogP contribution in [0.25, 0.3) is 0 Å². The first kappa shape index (κ1) is 27.2. The Morgan fingerprint density at radius 2 is 1.86 bits per heavy atom. The van der Waals surface area contributed by atoms with Crippen molar-refractivity contribution in [1.29, 1.82) is 0 Å². The Hall–Kier alpha value is -2.86. The lowest BCUT2D eigenvalue weighted by Gasteiger charge is -2.37. The highest BCUT2D eigenvalue weighted by Crippen LogP contribution is 2.46. The van der Waals surface area contributed by atoms with Crippen molar-refractivity contribution in [2.45, 2.75) is 57.8 Å². The zero-order valence-electron chi connectivity index (χ0n) is 22.0. The maximum Gasteiger partial charge on any atom is 0.410 e.